The van der Waals surface area contributed by atoms with E-state index in [0.717, 1.165) is 6.42 Å². The first-order chi connectivity index (χ1) is 8.66. The van der Waals surface area contributed by atoms with Crippen LogP contribution in [-0.2, 0) is 4.79 Å². The van der Waals surface area contributed by atoms with Gasteiger partial charge in [0, 0.05) is 11.8 Å². The molecule has 0 aliphatic heterocycles. The zero-order valence-corrected chi connectivity index (χ0v) is 13.9. The number of fused-ring (bicyclic) bond motifs is 5. The van der Waals surface area contributed by atoms with Crippen molar-refractivity contribution in [2.45, 2.75) is 30.8 Å². The fraction of sp³-hybridized carbons (Fsp3) is 0.917. The van der Waals surface area contributed by atoms with E-state index >= 15 is 0 Å². The summed E-state index contributed by atoms with van der Waals surface area (Å²) in [5.74, 6) is -0.312. The van der Waals surface area contributed by atoms with Gasteiger partial charge in [0.1, 0.15) is 15.5 Å². The molecular weight excluding hydrogens is 385 g/mol. The standard InChI is InChI=1S/C12H8Cl6O/c13-8-9(14)6-2-1-3(7(6)19)4-5(2)11(9,16)12(17,18)10(4,8)15/h2-6,8H,1H2/t2-,3?,4?,5?,6+,8+,9-,10?,11-/m1/s1/i1+1,2+1,3+1,4+1,5+1,6+1,7+1,8+1,9+1,10+1,11+1,12+1. The molecule has 0 N–H and O–H groups in total. The van der Waals surface area contributed by atoms with Gasteiger partial charge in [0.2, 0.25) is 0 Å². The summed E-state index contributed by atoms with van der Waals surface area (Å²) in [5.41, 5.74) is 0. The van der Waals surface area contributed by atoms with E-state index in [0.29, 0.717) is 0 Å². The van der Waals surface area contributed by atoms with Crippen molar-refractivity contribution in [1.29, 1.82) is 0 Å². The number of halogens is 6. The van der Waals surface area contributed by atoms with Gasteiger partial charge >= 0.3 is 0 Å². The first kappa shape index (κ1) is 12.9. The van der Waals surface area contributed by atoms with Crippen molar-refractivity contribution in [3.8, 4) is 0 Å². The van der Waals surface area contributed by atoms with Crippen molar-refractivity contribution in [3.63, 3.8) is 0 Å². The molecule has 5 aliphatic rings. The summed E-state index contributed by atoms with van der Waals surface area (Å²) in [7, 11) is 0. The van der Waals surface area contributed by atoms with Crippen LogP contribution in [0.5, 0.6) is 0 Å². The highest BCUT2D eigenvalue weighted by Gasteiger charge is 3.00. The minimum atomic E-state index is -1.40. The molecule has 0 aromatic heterocycles. The highest BCUT2D eigenvalue weighted by Crippen LogP contribution is 2.90. The number of rotatable bonds is 0. The van der Waals surface area contributed by atoms with Crippen LogP contribution in [0.4, 0.5) is 0 Å². The molecule has 7 heteroatoms. The van der Waals surface area contributed by atoms with Crippen molar-refractivity contribution in [2.75, 3.05) is 0 Å². The summed E-state index contributed by atoms with van der Waals surface area (Å²) in [6, 6.07) is 0. The minimum absolute atomic E-state index is 0.00173. The maximum Gasteiger partial charge on any atom is 0.160 e. The third-order valence-corrected chi connectivity index (χ3v) is 11.5. The fourth-order valence-corrected chi connectivity index (χ4v) is 10.2. The van der Waals surface area contributed by atoms with E-state index < -0.39 is 24.3 Å². The molecule has 19 heavy (non-hydrogen) atoms. The number of alkyl halides is 6. The van der Waals surface area contributed by atoms with Gasteiger partial charge in [-0.15, -0.1) is 46.4 Å². The molecule has 0 saturated heterocycles. The molecule has 1 nitrogen and oxygen atoms in total. The van der Waals surface area contributed by atoms with Crippen molar-refractivity contribution >= 4 is 75.4 Å². The number of Topliss-reactive ketones (excluding diaryl/α,β-unsaturated/α-hetero) is 1. The Bertz CT molecular complexity index is 564. The molecule has 5 fully saturated rings. The summed E-state index contributed by atoms with van der Waals surface area (Å²) in [5, 5.41) is -0.693. The molecule has 5 aliphatic carbocycles. The lowest BCUT2D eigenvalue weighted by Gasteiger charge is -2.41. The SMILES string of the molecule is O=[13C]1[13CH]2[13CH2][13C@@H]3[13CH]4[13CH]2[13C]2(Cl)[13C@@H](Cl)[13C@](Cl)([13C@H]13)[13C@@]4(Cl)[13C]2(Cl)Cl. The Morgan fingerprint density at radius 1 is 1.00 bits per heavy atom. The Labute approximate surface area is 140 Å². The predicted molar refractivity (Wildman–Crippen MR) is 76.9 cm³/mol. The molecule has 104 valence electrons. The summed E-state index contributed by atoms with van der Waals surface area (Å²) < 4.78 is -1.40. The van der Waals surface area contributed by atoms with E-state index in [1.54, 1.807) is 0 Å². The molecule has 0 heterocycles. The van der Waals surface area contributed by atoms with Gasteiger partial charge in [-0.3, -0.25) is 4.79 Å². The lowest BCUT2D eigenvalue weighted by atomic mass is 10.8. The summed E-state index contributed by atoms with van der Waals surface area (Å²) in [4.78, 5) is 9.19. The first-order valence-corrected chi connectivity index (χ1v) is 8.61. The third kappa shape index (κ3) is 0.788. The lowest BCUT2D eigenvalue weighted by Crippen LogP contribution is -2.54. The zero-order valence-electron chi connectivity index (χ0n) is 9.35. The largest absolute Gasteiger partial charge is 0.299 e. The van der Waals surface area contributed by atoms with Crippen LogP contribution in [0.2, 0.25) is 0 Å². The zero-order chi connectivity index (χ0) is 13.7. The molecule has 0 radical (unpaired) electrons. The maximum atomic E-state index is 12.6. The van der Waals surface area contributed by atoms with E-state index in [4.69, 9.17) is 69.6 Å². The molecule has 0 aromatic carbocycles. The van der Waals surface area contributed by atoms with Crippen LogP contribution in [0.25, 0.3) is 0 Å². The van der Waals surface area contributed by atoms with Crippen LogP contribution in [0.3, 0.4) is 0 Å². The monoisotopic (exact) mass is 390 g/mol. The number of carbonyl (C=O) groups excluding carboxylic acids is 1. The number of hydrogen-bond donors (Lipinski definition) is 0. The van der Waals surface area contributed by atoms with Crippen LogP contribution < -0.4 is 0 Å². The van der Waals surface area contributed by atoms with Crippen LogP contribution in [0.1, 0.15) is 6.42 Å². The van der Waals surface area contributed by atoms with Gasteiger partial charge in [-0.1, -0.05) is 23.2 Å². The molecule has 4 unspecified atom stereocenters. The van der Waals surface area contributed by atoms with Crippen molar-refractivity contribution in [3.05, 3.63) is 0 Å². The molecule has 5 rings (SSSR count). The summed E-state index contributed by atoms with van der Waals surface area (Å²) in [6.07, 6.45) is 0.809. The van der Waals surface area contributed by atoms with Crippen LogP contribution in [0, 0.1) is 29.6 Å². The number of ketones is 1. The molecular formula is C12H8Cl6O. The molecule has 0 spiro atoms. The molecule has 0 aromatic rings. The highest BCUT2D eigenvalue weighted by molar-refractivity contribution is 6.64. The third-order valence-electron chi connectivity index (χ3n) is 6.54. The van der Waals surface area contributed by atoms with Gasteiger partial charge in [0.05, 0.1) is 10.3 Å². The second-order valence-corrected chi connectivity index (χ2v) is 10.2. The Balaban J connectivity index is 1.95. The second-order valence-electron chi connectivity index (χ2n) is 6.62. The van der Waals surface area contributed by atoms with E-state index in [-0.39, 0.29) is 35.4 Å². The topological polar surface area (TPSA) is 17.1 Å². The normalized spacial score (nSPS) is 73.7. The minimum Gasteiger partial charge on any atom is -0.299 e. The van der Waals surface area contributed by atoms with Gasteiger partial charge in [-0.05, 0) is 24.2 Å². The van der Waals surface area contributed by atoms with Gasteiger partial charge in [0.25, 0.3) is 0 Å². The molecule has 4 bridgehead atoms. The smallest absolute Gasteiger partial charge is 0.160 e. The first-order valence-electron chi connectivity index (χ1n) is 6.29. The van der Waals surface area contributed by atoms with Crippen molar-refractivity contribution in [2.24, 2.45) is 29.6 Å². The Morgan fingerprint density at radius 3 is 2.26 bits per heavy atom. The van der Waals surface area contributed by atoms with E-state index in [9.17, 15) is 4.79 Å². The van der Waals surface area contributed by atoms with E-state index in [2.05, 4.69) is 0 Å². The Kier molecular flexibility index (Phi) is 1.99. The average Bonchev–Trinajstić information content (AvgIpc) is 2.95. The number of hydrogen-bond acceptors (Lipinski definition) is 1. The van der Waals surface area contributed by atoms with Gasteiger partial charge in [0.15, 0.2) is 4.33 Å². The van der Waals surface area contributed by atoms with E-state index in [1.165, 1.54) is 0 Å². The number of carbonyl (C=O) groups is 1. The molecule has 9 atom stereocenters. The average molecular weight is 393 g/mol. The molecule has 5 saturated carbocycles. The van der Waals surface area contributed by atoms with Gasteiger partial charge in [-0.25, -0.2) is 0 Å². The van der Waals surface area contributed by atoms with Crippen LogP contribution >= 0.6 is 69.6 Å². The maximum absolute atomic E-state index is 12.6. The fourth-order valence-electron chi connectivity index (χ4n) is 6.19. The van der Waals surface area contributed by atoms with Crippen LogP contribution in [0.15, 0.2) is 0 Å². The van der Waals surface area contributed by atoms with Crippen molar-refractivity contribution in [1.82, 2.24) is 0 Å². The van der Waals surface area contributed by atoms with Gasteiger partial charge < -0.3 is 0 Å². The lowest BCUT2D eigenvalue weighted by molar-refractivity contribution is -0.126. The Morgan fingerprint density at radius 2 is 1.63 bits per heavy atom. The van der Waals surface area contributed by atoms with Crippen molar-refractivity contribution < 1.29 is 4.79 Å². The second kappa shape index (κ2) is 2.93. The summed E-state index contributed by atoms with van der Waals surface area (Å²) >= 11 is 40.2. The summed E-state index contributed by atoms with van der Waals surface area (Å²) in [6.45, 7) is 0. The predicted octanol–water partition coefficient (Wildman–Crippen LogP) is 3.81. The quantitative estimate of drug-likeness (QED) is 0.452. The van der Waals surface area contributed by atoms with Crippen LogP contribution in [-0.4, -0.2) is 30.1 Å². The highest BCUT2D eigenvalue weighted by atomic mass is 35.5. The molecule has 0 amide bonds. The van der Waals surface area contributed by atoms with Gasteiger partial charge in [-0.2, -0.15) is 0 Å². The Hall–Kier alpha value is 1.41. The van der Waals surface area contributed by atoms with E-state index in [1.807, 2.05) is 0 Å².